The first-order valence-electron chi connectivity index (χ1n) is 5.47. The second-order valence-electron chi connectivity index (χ2n) is 3.45. The third kappa shape index (κ3) is 5.03. The van der Waals surface area contributed by atoms with Crippen LogP contribution in [0.2, 0.25) is 0 Å². The highest BCUT2D eigenvalue weighted by molar-refractivity contribution is 5.18. The Hall–Kier alpha value is -0.820. The lowest BCUT2D eigenvalue weighted by atomic mass is 9.96. The Balaban J connectivity index is 0.000000791. The van der Waals surface area contributed by atoms with E-state index >= 15 is 0 Å². The molecule has 0 saturated heterocycles. The van der Waals surface area contributed by atoms with Crippen molar-refractivity contribution in [1.82, 2.24) is 0 Å². The van der Waals surface area contributed by atoms with Gasteiger partial charge in [0.2, 0.25) is 0 Å². The molecule has 0 aliphatic heterocycles. The smallest absolute Gasteiger partial charge is 0.0190 e. The molecule has 1 unspecified atom stereocenters. The van der Waals surface area contributed by atoms with E-state index in [4.69, 9.17) is 0 Å². The number of benzene rings is 1. The zero-order valence-electron chi connectivity index (χ0n) is 9.66. The summed E-state index contributed by atoms with van der Waals surface area (Å²) in [6.07, 6.45) is 3.97. The Morgan fingerprint density at radius 3 is 2.21 bits per heavy atom. The molecule has 1 aromatic rings. The summed E-state index contributed by atoms with van der Waals surface area (Å²) in [6.45, 7) is 4.56. The Bertz CT molecular complexity index is 206. The standard InChI is InChI=1S/C12H18.CH5N/c1-3-4-8-11(2)12-9-6-5-7-10-12;1-2/h5-7,9-11H,3-4,8H2,1-2H3;2H2,1H3. The Kier molecular flexibility index (Phi) is 8.25. The average Bonchev–Trinajstić information content (AvgIpc) is 2.30. The molecule has 0 amide bonds. The van der Waals surface area contributed by atoms with E-state index in [0.717, 1.165) is 5.92 Å². The molecule has 1 aromatic carbocycles. The van der Waals surface area contributed by atoms with Gasteiger partial charge in [-0.15, -0.1) is 0 Å². The van der Waals surface area contributed by atoms with E-state index in [1.165, 1.54) is 31.9 Å². The minimum absolute atomic E-state index is 0.728. The summed E-state index contributed by atoms with van der Waals surface area (Å²) in [6, 6.07) is 10.8. The third-order valence-electron chi connectivity index (χ3n) is 2.36. The van der Waals surface area contributed by atoms with E-state index in [2.05, 4.69) is 49.9 Å². The van der Waals surface area contributed by atoms with E-state index < -0.39 is 0 Å². The molecule has 0 aromatic heterocycles. The number of hydrogen-bond donors (Lipinski definition) is 1. The van der Waals surface area contributed by atoms with Gasteiger partial charge in [0, 0.05) is 0 Å². The van der Waals surface area contributed by atoms with Crippen LogP contribution in [0.3, 0.4) is 0 Å². The molecule has 0 aliphatic rings. The van der Waals surface area contributed by atoms with Gasteiger partial charge < -0.3 is 5.73 Å². The van der Waals surface area contributed by atoms with Gasteiger partial charge in [-0.2, -0.15) is 0 Å². The Labute approximate surface area is 88.3 Å². The molecule has 0 saturated carbocycles. The molecule has 1 heteroatoms. The summed E-state index contributed by atoms with van der Waals surface area (Å²) in [4.78, 5) is 0. The Morgan fingerprint density at radius 2 is 1.71 bits per heavy atom. The zero-order valence-corrected chi connectivity index (χ0v) is 9.66. The first-order chi connectivity index (χ1) is 6.84. The van der Waals surface area contributed by atoms with E-state index in [-0.39, 0.29) is 0 Å². The highest BCUT2D eigenvalue weighted by Gasteiger charge is 2.02. The second kappa shape index (κ2) is 8.76. The molecule has 1 nitrogen and oxygen atoms in total. The van der Waals surface area contributed by atoms with Crippen molar-refractivity contribution in [3.8, 4) is 0 Å². The van der Waals surface area contributed by atoms with Crippen molar-refractivity contribution >= 4 is 0 Å². The highest BCUT2D eigenvalue weighted by atomic mass is 14.4. The lowest BCUT2D eigenvalue weighted by Crippen LogP contribution is -1.92. The molecule has 0 spiro atoms. The van der Waals surface area contributed by atoms with Crippen LogP contribution in [-0.4, -0.2) is 7.05 Å². The summed E-state index contributed by atoms with van der Waals surface area (Å²) in [5.74, 6) is 0.728. The number of nitrogens with two attached hydrogens (primary N) is 1. The first-order valence-corrected chi connectivity index (χ1v) is 5.47. The molecular weight excluding hydrogens is 170 g/mol. The minimum Gasteiger partial charge on any atom is -0.333 e. The SMILES string of the molecule is CCCCC(C)c1ccccc1.CN. The van der Waals surface area contributed by atoms with Crippen LogP contribution in [0.15, 0.2) is 30.3 Å². The number of rotatable bonds is 4. The largest absolute Gasteiger partial charge is 0.333 e. The maximum absolute atomic E-state index is 4.50. The minimum atomic E-state index is 0.728. The van der Waals surface area contributed by atoms with Gasteiger partial charge in [-0.1, -0.05) is 57.0 Å². The molecule has 2 N–H and O–H groups in total. The molecule has 0 bridgehead atoms. The lowest BCUT2D eigenvalue weighted by Gasteiger charge is -2.10. The normalized spacial score (nSPS) is 11.4. The van der Waals surface area contributed by atoms with Gasteiger partial charge in [-0.3, -0.25) is 0 Å². The van der Waals surface area contributed by atoms with Crippen molar-refractivity contribution in [3.05, 3.63) is 35.9 Å². The summed E-state index contributed by atoms with van der Waals surface area (Å²) in [5, 5.41) is 0. The van der Waals surface area contributed by atoms with Crippen LogP contribution in [0.25, 0.3) is 0 Å². The fraction of sp³-hybridized carbons (Fsp3) is 0.538. The van der Waals surface area contributed by atoms with E-state index in [1.54, 1.807) is 0 Å². The van der Waals surface area contributed by atoms with Crippen LogP contribution in [-0.2, 0) is 0 Å². The van der Waals surface area contributed by atoms with Crippen molar-refractivity contribution < 1.29 is 0 Å². The molecule has 14 heavy (non-hydrogen) atoms. The summed E-state index contributed by atoms with van der Waals surface area (Å²) in [7, 11) is 1.50. The lowest BCUT2D eigenvalue weighted by molar-refractivity contribution is 0.624. The van der Waals surface area contributed by atoms with Gasteiger partial charge in [0.05, 0.1) is 0 Å². The number of unbranched alkanes of at least 4 members (excludes halogenated alkanes) is 1. The van der Waals surface area contributed by atoms with Gasteiger partial charge in [-0.25, -0.2) is 0 Å². The third-order valence-corrected chi connectivity index (χ3v) is 2.36. The first kappa shape index (κ1) is 13.2. The van der Waals surface area contributed by atoms with E-state index in [1.807, 2.05) is 0 Å². The van der Waals surface area contributed by atoms with E-state index in [9.17, 15) is 0 Å². The molecule has 0 heterocycles. The maximum Gasteiger partial charge on any atom is -0.0190 e. The second-order valence-corrected chi connectivity index (χ2v) is 3.45. The fourth-order valence-electron chi connectivity index (χ4n) is 1.46. The molecule has 0 aliphatic carbocycles. The van der Waals surface area contributed by atoms with Crippen LogP contribution < -0.4 is 5.73 Å². The monoisotopic (exact) mass is 193 g/mol. The summed E-state index contributed by atoms with van der Waals surface area (Å²) < 4.78 is 0. The van der Waals surface area contributed by atoms with Crippen molar-refractivity contribution in [2.45, 2.75) is 39.0 Å². The highest BCUT2D eigenvalue weighted by Crippen LogP contribution is 2.20. The molecule has 80 valence electrons. The number of hydrogen-bond acceptors (Lipinski definition) is 1. The van der Waals surface area contributed by atoms with Crippen molar-refractivity contribution in [1.29, 1.82) is 0 Å². The molecule has 1 rings (SSSR count). The molecule has 0 fully saturated rings. The molecular formula is C13H23N. The van der Waals surface area contributed by atoms with Crippen LogP contribution >= 0.6 is 0 Å². The van der Waals surface area contributed by atoms with Crippen molar-refractivity contribution in [2.75, 3.05) is 7.05 Å². The van der Waals surface area contributed by atoms with Crippen LogP contribution in [0.5, 0.6) is 0 Å². The fourth-order valence-corrected chi connectivity index (χ4v) is 1.46. The maximum atomic E-state index is 4.50. The summed E-state index contributed by atoms with van der Waals surface area (Å²) in [5.41, 5.74) is 5.98. The Morgan fingerprint density at radius 1 is 1.14 bits per heavy atom. The van der Waals surface area contributed by atoms with Gasteiger partial charge in [0.25, 0.3) is 0 Å². The molecule has 0 radical (unpaired) electrons. The van der Waals surface area contributed by atoms with Crippen LogP contribution in [0.1, 0.15) is 44.6 Å². The molecule has 1 atom stereocenters. The van der Waals surface area contributed by atoms with Crippen LogP contribution in [0.4, 0.5) is 0 Å². The predicted octanol–water partition coefficient (Wildman–Crippen LogP) is 3.56. The van der Waals surface area contributed by atoms with Gasteiger partial charge in [0.15, 0.2) is 0 Å². The van der Waals surface area contributed by atoms with E-state index in [0.29, 0.717) is 0 Å². The predicted molar refractivity (Wildman–Crippen MR) is 64.5 cm³/mol. The quantitative estimate of drug-likeness (QED) is 0.777. The average molecular weight is 193 g/mol. The van der Waals surface area contributed by atoms with Crippen LogP contribution in [0, 0.1) is 0 Å². The van der Waals surface area contributed by atoms with Crippen molar-refractivity contribution in [2.24, 2.45) is 5.73 Å². The van der Waals surface area contributed by atoms with Crippen molar-refractivity contribution in [3.63, 3.8) is 0 Å². The van der Waals surface area contributed by atoms with Gasteiger partial charge >= 0.3 is 0 Å². The zero-order chi connectivity index (χ0) is 10.8. The van der Waals surface area contributed by atoms with Gasteiger partial charge in [-0.05, 0) is 24.9 Å². The topological polar surface area (TPSA) is 26.0 Å². The summed E-state index contributed by atoms with van der Waals surface area (Å²) >= 11 is 0. The van der Waals surface area contributed by atoms with Gasteiger partial charge in [0.1, 0.15) is 0 Å².